The molecule has 0 saturated heterocycles. The summed E-state index contributed by atoms with van der Waals surface area (Å²) in [5.41, 5.74) is 1.10. The van der Waals surface area contributed by atoms with Gasteiger partial charge in [0.15, 0.2) is 0 Å². The van der Waals surface area contributed by atoms with Crippen molar-refractivity contribution in [1.29, 1.82) is 0 Å². The number of hydrogen-bond acceptors (Lipinski definition) is 6. The van der Waals surface area contributed by atoms with Gasteiger partial charge in [0.2, 0.25) is 0 Å². The van der Waals surface area contributed by atoms with Gasteiger partial charge in [0.1, 0.15) is 34.6 Å². The Morgan fingerprint density at radius 3 is 2.66 bits per heavy atom. The molecule has 0 fully saturated rings. The van der Waals surface area contributed by atoms with Crippen molar-refractivity contribution in [1.82, 2.24) is 9.78 Å². The highest BCUT2D eigenvalue weighted by Gasteiger charge is 2.31. The highest BCUT2D eigenvalue weighted by Crippen LogP contribution is 2.38. The van der Waals surface area contributed by atoms with E-state index in [0.29, 0.717) is 27.8 Å². The maximum Gasteiger partial charge on any atom is 0.352 e. The number of nitrogens with one attached hydrogen (secondary N) is 2. The van der Waals surface area contributed by atoms with Gasteiger partial charge < -0.3 is 25.2 Å². The van der Waals surface area contributed by atoms with Crippen molar-refractivity contribution in [2.24, 2.45) is 0 Å². The first-order valence-corrected chi connectivity index (χ1v) is 9.88. The molecule has 1 atom stereocenters. The van der Waals surface area contributed by atoms with Gasteiger partial charge in [-0.15, -0.1) is 0 Å². The molecule has 1 aliphatic rings. The Morgan fingerprint density at radius 2 is 1.97 bits per heavy atom. The van der Waals surface area contributed by atoms with E-state index in [1.54, 1.807) is 42.5 Å². The van der Waals surface area contributed by atoms with Crippen LogP contribution >= 0.6 is 11.6 Å². The molecular formula is C22H19ClN4O5. The van der Waals surface area contributed by atoms with Crippen LogP contribution < -0.4 is 20.1 Å². The van der Waals surface area contributed by atoms with Crippen LogP contribution in [0.2, 0.25) is 5.02 Å². The Labute approximate surface area is 188 Å². The summed E-state index contributed by atoms with van der Waals surface area (Å²) in [7, 11) is 3.05. The summed E-state index contributed by atoms with van der Waals surface area (Å²) in [5, 5.41) is 19.9. The SMILES string of the molecule is COc1ccc(OC)c([C@@H]2C=C(C(=O)O)Nc3c(C(=O)Nc4ccccc4Cl)cnn32)c1. The van der Waals surface area contributed by atoms with Crippen LogP contribution in [0, 0.1) is 0 Å². The number of para-hydroxylation sites is 1. The zero-order valence-electron chi connectivity index (χ0n) is 17.1. The lowest BCUT2D eigenvalue weighted by Crippen LogP contribution is -2.26. The van der Waals surface area contributed by atoms with Crippen molar-refractivity contribution in [3.63, 3.8) is 0 Å². The maximum atomic E-state index is 13.0. The number of methoxy groups -OCH3 is 2. The Hall–Kier alpha value is -3.98. The molecule has 0 radical (unpaired) electrons. The molecule has 0 spiro atoms. The lowest BCUT2D eigenvalue weighted by molar-refractivity contribution is -0.132. The Balaban J connectivity index is 1.79. The van der Waals surface area contributed by atoms with Gasteiger partial charge in [0.25, 0.3) is 5.91 Å². The van der Waals surface area contributed by atoms with Gasteiger partial charge in [0, 0.05) is 5.56 Å². The second kappa shape index (κ2) is 8.64. The molecule has 2 heterocycles. The number of rotatable bonds is 6. The van der Waals surface area contributed by atoms with Gasteiger partial charge >= 0.3 is 5.97 Å². The van der Waals surface area contributed by atoms with Crippen LogP contribution in [0.5, 0.6) is 11.5 Å². The molecule has 32 heavy (non-hydrogen) atoms. The van der Waals surface area contributed by atoms with E-state index in [9.17, 15) is 14.7 Å². The van der Waals surface area contributed by atoms with Crippen LogP contribution in [0.25, 0.3) is 0 Å². The monoisotopic (exact) mass is 454 g/mol. The minimum atomic E-state index is -1.18. The average Bonchev–Trinajstić information content (AvgIpc) is 3.23. The van der Waals surface area contributed by atoms with E-state index in [-0.39, 0.29) is 17.1 Å². The number of nitrogens with zero attached hydrogens (tertiary/aromatic N) is 2. The molecule has 0 unspecified atom stereocenters. The molecule has 9 nitrogen and oxygen atoms in total. The number of halogens is 1. The van der Waals surface area contributed by atoms with Gasteiger partial charge in [-0.25, -0.2) is 9.48 Å². The van der Waals surface area contributed by atoms with Crippen LogP contribution in [0.1, 0.15) is 22.0 Å². The van der Waals surface area contributed by atoms with E-state index in [0.717, 1.165) is 0 Å². The second-order valence-corrected chi connectivity index (χ2v) is 7.26. The predicted molar refractivity (Wildman–Crippen MR) is 119 cm³/mol. The van der Waals surface area contributed by atoms with Crippen molar-refractivity contribution in [2.75, 3.05) is 24.9 Å². The van der Waals surface area contributed by atoms with Gasteiger partial charge in [-0.3, -0.25) is 4.79 Å². The number of amides is 1. The van der Waals surface area contributed by atoms with E-state index in [1.165, 1.54) is 31.2 Å². The molecule has 0 bridgehead atoms. The standard InChI is InChI=1S/C22H19ClN4O5/c1-31-12-7-8-19(32-2)13(9-12)18-10-17(22(29)30)25-20-14(11-24-27(18)20)21(28)26-16-6-4-3-5-15(16)23/h3-11,18,25H,1-2H3,(H,26,28)(H,29,30)/t18-/m0/s1. The van der Waals surface area contributed by atoms with E-state index in [4.69, 9.17) is 21.1 Å². The van der Waals surface area contributed by atoms with Crippen LogP contribution in [-0.4, -0.2) is 41.0 Å². The summed E-state index contributed by atoms with van der Waals surface area (Å²) in [6, 6.07) is 11.3. The first-order chi connectivity index (χ1) is 15.4. The van der Waals surface area contributed by atoms with E-state index >= 15 is 0 Å². The fourth-order valence-electron chi connectivity index (χ4n) is 3.43. The Kier molecular flexibility index (Phi) is 5.74. The van der Waals surface area contributed by atoms with Crippen molar-refractivity contribution < 1.29 is 24.2 Å². The summed E-state index contributed by atoms with van der Waals surface area (Å²) in [4.78, 5) is 24.8. The van der Waals surface area contributed by atoms with Crippen LogP contribution in [0.3, 0.4) is 0 Å². The minimum Gasteiger partial charge on any atom is -0.497 e. The highest BCUT2D eigenvalue weighted by molar-refractivity contribution is 6.34. The summed E-state index contributed by atoms with van der Waals surface area (Å²) >= 11 is 6.14. The third-order valence-corrected chi connectivity index (χ3v) is 5.32. The molecular weight excluding hydrogens is 436 g/mol. The average molecular weight is 455 g/mol. The molecule has 3 aromatic rings. The number of allylic oxidation sites excluding steroid dienone is 1. The largest absolute Gasteiger partial charge is 0.497 e. The summed E-state index contributed by atoms with van der Waals surface area (Å²) in [6.45, 7) is 0. The van der Waals surface area contributed by atoms with Gasteiger partial charge in [0.05, 0.1) is 31.1 Å². The summed E-state index contributed by atoms with van der Waals surface area (Å²) in [5.74, 6) is -0.363. The number of anilines is 2. The van der Waals surface area contributed by atoms with Gasteiger partial charge in [-0.1, -0.05) is 23.7 Å². The zero-order chi connectivity index (χ0) is 22.8. The normalized spacial score (nSPS) is 14.6. The number of hydrogen-bond donors (Lipinski definition) is 3. The number of ether oxygens (including phenoxy) is 2. The van der Waals surface area contributed by atoms with Gasteiger partial charge in [-0.2, -0.15) is 5.10 Å². The predicted octanol–water partition coefficient (Wildman–Crippen LogP) is 3.79. The van der Waals surface area contributed by atoms with Crippen molar-refractivity contribution in [3.05, 3.63) is 76.6 Å². The quantitative estimate of drug-likeness (QED) is 0.519. The van der Waals surface area contributed by atoms with Crippen LogP contribution in [-0.2, 0) is 4.79 Å². The first kappa shape index (κ1) is 21.3. The fraction of sp³-hybridized carbons (Fsp3) is 0.136. The number of carboxylic acid groups (broad SMARTS) is 1. The number of aliphatic carboxylic acids is 1. The maximum absolute atomic E-state index is 13.0. The summed E-state index contributed by atoms with van der Waals surface area (Å²) < 4.78 is 12.3. The number of aromatic nitrogens is 2. The Morgan fingerprint density at radius 1 is 1.19 bits per heavy atom. The summed E-state index contributed by atoms with van der Waals surface area (Å²) in [6.07, 6.45) is 2.86. The van der Waals surface area contributed by atoms with Crippen molar-refractivity contribution in [2.45, 2.75) is 6.04 Å². The molecule has 1 aliphatic heterocycles. The number of carbonyl (C=O) groups is 2. The molecule has 0 saturated carbocycles. The van der Waals surface area contributed by atoms with Crippen LogP contribution in [0.4, 0.5) is 11.5 Å². The molecule has 4 rings (SSSR count). The highest BCUT2D eigenvalue weighted by atomic mass is 35.5. The number of carboxylic acids is 1. The molecule has 1 amide bonds. The topological polar surface area (TPSA) is 115 Å². The van der Waals surface area contributed by atoms with E-state index < -0.39 is 17.9 Å². The fourth-order valence-corrected chi connectivity index (χ4v) is 3.61. The van der Waals surface area contributed by atoms with E-state index in [2.05, 4.69) is 15.7 Å². The molecule has 3 N–H and O–H groups in total. The lowest BCUT2D eigenvalue weighted by Gasteiger charge is -2.26. The first-order valence-electron chi connectivity index (χ1n) is 9.50. The number of carbonyl (C=O) groups excluding carboxylic acids is 1. The molecule has 1 aromatic heterocycles. The van der Waals surface area contributed by atoms with E-state index in [1.807, 2.05) is 0 Å². The molecule has 0 aliphatic carbocycles. The van der Waals surface area contributed by atoms with Crippen molar-refractivity contribution in [3.8, 4) is 11.5 Å². The molecule has 164 valence electrons. The minimum absolute atomic E-state index is 0.0975. The third-order valence-electron chi connectivity index (χ3n) is 4.99. The smallest absolute Gasteiger partial charge is 0.352 e. The Bertz CT molecular complexity index is 1240. The molecule has 2 aromatic carbocycles. The van der Waals surface area contributed by atoms with Crippen molar-refractivity contribution >= 4 is 35.0 Å². The lowest BCUT2D eigenvalue weighted by atomic mass is 10.0. The third kappa shape index (κ3) is 3.85. The van der Waals surface area contributed by atoms with Crippen LogP contribution in [0.15, 0.2) is 60.4 Å². The number of benzene rings is 2. The second-order valence-electron chi connectivity index (χ2n) is 6.85. The number of fused-ring (bicyclic) bond motifs is 1. The van der Waals surface area contributed by atoms with Gasteiger partial charge in [-0.05, 0) is 36.4 Å². The molecule has 10 heteroatoms. The zero-order valence-corrected chi connectivity index (χ0v) is 17.9.